The van der Waals surface area contributed by atoms with Crippen molar-refractivity contribution in [2.24, 2.45) is 0 Å². The summed E-state index contributed by atoms with van der Waals surface area (Å²) in [5.74, 6) is 0. The molecule has 1 rings (SSSR count). The molecule has 0 aliphatic rings. The van der Waals surface area contributed by atoms with Crippen molar-refractivity contribution in [1.29, 1.82) is 0 Å². The van der Waals surface area contributed by atoms with E-state index in [1.165, 1.54) is 12.1 Å². The summed E-state index contributed by atoms with van der Waals surface area (Å²) in [4.78, 5) is 0. The largest absolute Gasteiger partial charge is 0.416 e. The molecule has 1 unspecified atom stereocenters. The Morgan fingerprint density at radius 3 is 2.28 bits per heavy atom. The number of hydrogen-bond acceptors (Lipinski definition) is 1. The van der Waals surface area contributed by atoms with Gasteiger partial charge in [0, 0.05) is 17.9 Å². The number of rotatable bonds is 6. The van der Waals surface area contributed by atoms with E-state index < -0.39 is 11.7 Å². The van der Waals surface area contributed by atoms with Gasteiger partial charge in [0.1, 0.15) is 0 Å². The first kappa shape index (κ1) is 15.5. The Morgan fingerprint density at radius 1 is 1.22 bits per heavy atom. The summed E-state index contributed by atoms with van der Waals surface area (Å²) in [6.07, 6.45) is -2.24. The summed E-state index contributed by atoms with van der Waals surface area (Å²) in [6, 6.07) is 5.70. The number of nitrogens with one attached hydrogen (secondary N) is 1. The fourth-order valence-electron chi connectivity index (χ4n) is 1.66. The monoisotopic (exact) mass is 323 g/mol. The first-order valence-corrected chi connectivity index (χ1v) is 7.05. The van der Waals surface area contributed by atoms with Crippen molar-refractivity contribution in [2.45, 2.75) is 38.5 Å². The molecular formula is C13H17BrF3N. The van der Waals surface area contributed by atoms with Gasteiger partial charge >= 0.3 is 6.18 Å². The van der Waals surface area contributed by atoms with Crippen molar-refractivity contribution in [3.8, 4) is 0 Å². The zero-order chi connectivity index (χ0) is 13.6. The van der Waals surface area contributed by atoms with E-state index in [0.717, 1.165) is 35.9 Å². The SMILES string of the molecule is CCC(CCBr)NCc1ccc(C(F)(F)F)cc1. The van der Waals surface area contributed by atoms with Gasteiger partial charge in [-0.25, -0.2) is 0 Å². The topological polar surface area (TPSA) is 12.0 Å². The molecule has 1 aromatic rings. The van der Waals surface area contributed by atoms with Gasteiger partial charge in [0.15, 0.2) is 0 Å². The van der Waals surface area contributed by atoms with Gasteiger partial charge in [-0.2, -0.15) is 13.2 Å². The van der Waals surface area contributed by atoms with Crippen LogP contribution in [0.25, 0.3) is 0 Å². The molecule has 1 aromatic carbocycles. The van der Waals surface area contributed by atoms with Crippen LogP contribution >= 0.6 is 15.9 Å². The van der Waals surface area contributed by atoms with Crippen molar-refractivity contribution in [3.05, 3.63) is 35.4 Å². The van der Waals surface area contributed by atoms with Crippen LogP contribution in [0.15, 0.2) is 24.3 Å². The Bertz CT molecular complexity index is 348. The Morgan fingerprint density at radius 2 is 1.83 bits per heavy atom. The Labute approximate surface area is 114 Å². The van der Waals surface area contributed by atoms with Gasteiger partial charge in [0.05, 0.1) is 5.56 Å². The van der Waals surface area contributed by atoms with Gasteiger partial charge in [-0.1, -0.05) is 35.0 Å². The molecule has 0 aliphatic carbocycles. The molecule has 0 radical (unpaired) electrons. The van der Waals surface area contributed by atoms with Crippen LogP contribution in [-0.2, 0) is 12.7 Å². The predicted molar refractivity (Wildman–Crippen MR) is 70.8 cm³/mol. The minimum Gasteiger partial charge on any atom is -0.310 e. The van der Waals surface area contributed by atoms with Crippen LogP contribution in [0.1, 0.15) is 30.9 Å². The number of hydrogen-bond donors (Lipinski definition) is 1. The third-order valence-corrected chi connectivity index (χ3v) is 3.28. The quantitative estimate of drug-likeness (QED) is 0.767. The van der Waals surface area contributed by atoms with Gasteiger partial charge in [0.25, 0.3) is 0 Å². The highest BCUT2D eigenvalue weighted by atomic mass is 79.9. The molecule has 0 amide bonds. The van der Waals surface area contributed by atoms with Crippen molar-refractivity contribution < 1.29 is 13.2 Å². The first-order chi connectivity index (χ1) is 8.47. The average molecular weight is 324 g/mol. The average Bonchev–Trinajstić information content (AvgIpc) is 2.34. The van der Waals surface area contributed by atoms with E-state index in [-0.39, 0.29) is 0 Å². The van der Waals surface area contributed by atoms with E-state index in [0.29, 0.717) is 12.6 Å². The maximum absolute atomic E-state index is 12.4. The van der Waals surface area contributed by atoms with Crippen molar-refractivity contribution in [3.63, 3.8) is 0 Å². The molecule has 0 saturated carbocycles. The lowest BCUT2D eigenvalue weighted by Crippen LogP contribution is -2.28. The highest BCUT2D eigenvalue weighted by Gasteiger charge is 2.29. The molecule has 5 heteroatoms. The van der Waals surface area contributed by atoms with Crippen LogP contribution in [0.5, 0.6) is 0 Å². The molecule has 0 bridgehead atoms. The Hall–Kier alpha value is -0.550. The third kappa shape index (κ3) is 4.98. The van der Waals surface area contributed by atoms with Crippen molar-refractivity contribution >= 4 is 15.9 Å². The maximum Gasteiger partial charge on any atom is 0.416 e. The van der Waals surface area contributed by atoms with Crippen LogP contribution in [0.3, 0.4) is 0 Å². The lowest BCUT2D eigenvalue weighted by Gasteiger charge is -2.16. The van der Waals surface area contributed by atoms with Crippen LogP contribution in [-0.4, -0.2) is 11.4 Å². The highest BCUT2D eigenvalue weighted by Crippen LogP contribution is 2.29. The molecular weight excluding hydrogens is 307 g/mol. The van der Waals surface area contributed by atoms with E-state index in [1.54, 1.807) is 0 Å². The molecule has 102 valence electrons. The van der Waals surface area contributed by atoms with Gasteiger partial charge in [0.2, 0.25) is 0 Å². The minimum absolute atomic E-state index is 0.395. The number of benzene rings is 1. The summed E-state index contributed by atoms with van der Waals surface area (Å²) in [6.45, 7) is 2.69. The molecule has 0 heterocycles. The number of alkyl halides is 4. The molecule has 1 N–H and O–H groups in total. The number of halogens is 4. The minimum atomic E-state index is -4.26. The smallest absolute Gasteiger partial charge is 0.310 e. The Kier molecular flexibility index (Phi) is 6.15. The molecule has 0 aromatic heterocycles. The normalized spacial score (nSPS) is 13.6. The van der Waals surface area contributed by atoms with Crippen LogP contribution in [0, 0.1) is 0 Å². The standard InChI is InChI=1S/C13H17BrF3N/c1-2-12(7-8-14)18-9-10-3-5-11(6-4-10)13(15,16)17/h3-6,12,18H,2,7-9H2,1H3. The summed E-state index contributed by atoms with van der Waals surface area (Å²) in [7, 11) is 0. The predicted octanol–water partition coefficient (Wildman–Crippen LogP) is 4.36. The Balaban J connectivity index is 2.53. The van der Waals surface area contributed by atoms with Crippen molar-refractivity contribution in [2.75, 3.05) is 5.33 Å². The van der Waals surface area contributed by atoms with E-state index in [4.69, 9.17) is 0 Å². The summed E-state index contributed by atoms with van der Waals surface area (Å²) >= 11 is 3.38. The van der Waals surface area contributed by atoms with Gasteiger partial charge in [-0.05, 0) is 30.5 Å². The van der Waals surface area contributed by atoms with Gasteiger partial charge in [-0.15, -0.1) is 0 Å². The maximum atomic E-state index is 12.4. The second kappa shape index (κ2) is 7.14. The van der Waals surface area contributed by atoms with Crippen LogP contribution in [0.2, 0.25) is 0 Å². The molecule has 1 atom stereocenters. The molecule has 0 spiro atoms. The van der Waals surface area contributed by atoms with E-state index in [9.17, 15) is 13.2 Å². The lowest BCUT2D eigenvalue weighted by molar-refractivity contribution is -0.137. The zero-order valence-electron chi connectivity index (χ0n) is 10.2. The third-order valence-electron chi connectivity index (χ3n) is 2.83. The lowest BCUT2D eigenvalue weighted by atomic mass is 10.1. The summed E-state index contributed by atoms with van der Waals surface area (Å²) in [5.41, 5.74) is 0.273. The second-order valence-electron chi connectivity index (χ2n) is 4.16. The summed E-state index contributed by atoms with van der Waals surface area (Å²) < 4.78 is 37.1. The molecule has 0 aliphatic heterocycles. The van der Waals surface area contributed by atoms with Gasteiger partial charge < -0.3 is 5.32 Å². The van der Waals surface area contributed by atoms with Crippen LogP contribution < -0.4 is 5.32 Å². The first-order valence-electron chi connectivity index (χ1n) is 5.92. The molecule has 0 fully saturated rings. The summed E-state index contributed by atoms with van der Waals surface area (Å²) in [5, 5.41) is 4.26. The molecule has 18 heavy (non-hydrogen) atoms. The van der Waals surface area contributed by atoms with Crippen molar-refractivity contribution in [1.82, 2.24) is 5.32 Å². The second-order valence-corrected chi connectivity index (χ2v) is 4.95. The fraction of sp³-hybridized carbons (Fsp3) is 0.538. The zero-order valence-corrected chi connectivity index (χ0v) is 11.8. The van der Waals surface area contributed by atoms with Gasteiger partial charge in [-0.3, -0.25) is 0 Å². The van der Waals surface area contributed by atoms with E-state index >= 15 is 0 Å². The molecule has 0 saturated heterocycles. The fourth-order valence-corrected chi connectivity index (χ4v) is 2.21. The van der Waals surface area contributed by atoms with E-state index in [2.05, 4.69) is 28.2 Å². The highest BCUT2D eigenvalue weighted by molar-refractivity contribution is 9.09. The van der Waals surface area contributed by atoms with E-state index in [1.807, 2.05) is 0 Å². The molecule has 1 nitrogen and oxygen atoms in total. The van der Waals surface area contributed by atoms with Crippen LogP contribution in [0.4, 0.5) is 13.2 Å².